The average Bonchev–Trinajstić information content (AvgIpc) is 2.63. The minimum Gasteiger partial charge on any atom is -0.490 e. The third-order valence-corrected chi connectivity index (χ3v) is 4.45. The van der Waals surface area contributed by atoms with Crippen LogP contribution < -0.4 is 14.8 Å². The molecule has 0 heterocycles. The van der Waals surface area contributed by atoms with Crippen molar-refractivity contribution in [1.29, 1.82) is 0 Å². The Bertz CT molecular complexity index is 649. The second-order valence-corrected chi connectivity index (χ2v) is 6.58. The van der Waals surface area contributed by atoms with Gasteiger partial charge in [0.05, 0.1) is 19.3 Å². The Kier molecular flexibility index (Phi) is 8.25. The zero-order chi connectivity index (χ0) is 18.1. The lowest BCUT2D eigenvalue weighted by molar-refractivity contribution is 0.174. The number of ether oxygens (including phenoxy) is 2. The van der Waals surface area contributed by atoms with Crippen LogP contribution in [-0.4, -0.2) is 24.9 Å². The topological polar surface area (TPSA) is 50.7 Å². The van der Waals surface area contributed by atoms with Crippen LogP contribution in [0.15, 0.2) is 46.9 Å². The lowest BCUT2D eigenvalue weighted by atomic mass is 10.1. The van der Waals surface area contributed by atoms with Crippen molar-refractivity contribution in [3.63, 3.8) is 0 Å². The van der Waals surface area contributed by atoms with E-state index >= 15 is 0 Å². The average molecular weight is 408 g/mol. The number of nitrogens with one attached hydrogen (secondary N) is 1. The second kappa shape index (κ2) is 10.4. The van der Waals surface area contributed by atoms with Crippen molar-refractivity contribution in [3.8, 4) is 11.5 Å². The molecular formula is C20H26BrNO3. The molecule has 2 aromatic carbocycles. The molecule has 2 aromatic rings. The van der Waals surface area contributed by atoms with Gasteiger partial charge in [-0.1, -0.05) is 53.2 Å². The van der Waals surface area contributed by atoms with Gasteiger partial charge in [-0.2, -0.15) is 0 Å². The monoisotopic (exact) mass is 407 g/mol. The molecule has 0 spiro atoms. The molecule has 0 saturated carbocycles. The molecule has 5 heteroatoms. The Balaban J connectivity index is 1.99. The van der Waals surface area contributed by atoms with Crippen molar-refractivity contribution in [3.05, 3.63) is 58.1 Å². The fraction of sp³-hybridized carbons (Fsp3) is 0.400. The van der Waals surface area contributed by atoms with Gasteiger partial charge in [-0.3, -0.25) is 0 Å². The molecule has 25 heavy (non-hydrogen) atoms. The largest absolute Gasteiger partial charge is 0.490 e. The second-order valence-electron chi connectivity index (χ2n) is 5.73. The van der Waals surface area contributed by atoms with Gasteiger partial charge in [0.1, 0.15) is 0 Å². The molecule has 0 saturated heterocycles. The maximum Gasteiger partial charge on any atom is 0.162 e. The summed E-state index contributed by atoms with van der Waals surface area (Å²) in [5.74, 6) is 1.50. The van der Waals surface area contributed by atoms with E-state index in [2.05, 4.69) is 28.2 Å². The number of benzene rings is 2. The van der Waals surface area contributed by atoms with Crippen LogP contribution in [0.5, 0.6) is 11.5 Å². The Labute approximate surface area is 158 Å². The van der Waals surface area contributed by atoms with E-state index in [0.717, 1.165) is 33.5 Å². The van der Waals surface area contributed by atoms with E-state index in [4.69, 9.17) is 9.47 Å². The summed E-state index contributed by atoms with van der Waals surface area (Å²) in [6, 6.07) is 13.6. The van der Waals surface area contributed by atoms with Gasteiger partial charge in [-0.25, -0.2) is 0 Å². The predicted octanol–water partition coefficient (Wildman–Crippen LogP) is 4.46. The van der Waals surface area contributed by atoms with Crippen LogP contribution in [0.1, 0.15) is 37.5 Å². The number of aliphatic hydroxyl groups is 1. The summed E-state index contributed by atoms with van der Waals surface area (Å²) in [5, 5.41) is 13.5. The van der Waals surface area contributed by atoms with Crippen molar-refractivity contribution < 1.29 is 14.6 Å². The van der Waals surface area contributed by atoms with Crippen molar-refractivity contribution in [2.45, 2.75) is 32.9 Å². The van der Waals surface area contributed by atoms with Crippen molar-refractivity contribution in [1.82, 2.24) is 5.32 Å². The highest BCUT2D eigenvalue weighted by molar-refractivity contribution is 9.10. The highest BCUT2D eigenvalue weighted by Gasteiger charge is 2.12. The third kappa shape index (κ3) is 6.03. The summed E-state index contributed by atoms with van der Waals surface area (Å²) in [6.45, 7) is 6.38. The van der Waals surface area contributed by atoms with Crippen LogP contribution in [0.4, 0.5) is 0 Å². The minimum atomic E-state index is -0.529. The molecule has 1 unspecified atom stereocenters. The molecular weight excluding hydrogens is 382 g/mol. The van der Waals surface area contributed by atoms with Crippen LogP contribution in [0, 0.1) is 0 Å². The number of rotatable bonds is 10. The summed E-state index contributed by atoms with van der Waals surface area (Å²) in [4.78, 5) is 0. The van der Waals surface area contributed by atoms with Crippen molar-refractivity contribution >= 4 is 15.9 Å². The van der Waals surface area contributed by atoms with Gasteiger partial charge in [-0.05, 0) is 36.6 Å². The first kappa shape index (κ1) is 19.8. The van der Waals surface area contributed by atoms with Crippen molar-refractivity contribution in [2.75, 3.05) is 19.8 Å². The molecule has 0 amide bonds. The Morgan fingerprint density at radius 2 is 1.80 bits per heavy atom. The Morgan fingerprint density at radius 1 is 1.08 bits per heavy atom. The third-order valence-electron chi connectivity index (χ3n) is 3.71. The molecule has 0 fully saturated rings. The van der Waals surface area contributed by atoms with E-state index in [1.807, 2.05) is 49.4 Å². The number of halogens is 1. The quantitative estimate of drug-likeness (QED) is 0.610. The Hall–Kier alpha value is -1.56. The Morgan fingerprint density at radius 3 is 2.48 bits per heavy atom. The highest BCUT2D eigenvalue weighted by Crippen LogP contribution is 2.34. The molecule has 0 bridgehead atoms. The van der Waals surface area contributed by atoms with E-state index in [0.29, 0.717) is 26.3 Å². The van der Waals surface area contributed by atoms with Crippen LogP contribution in [-0.2, 0) is 6.54 Å². The van der Waals surface area contributed by atoms with Gasteiger partial charge in [0.2, 0.25) is 0 Å². The molecule has 1 atom stereocenters. The summed E-state index contributed by atoms with van der Waals surface area (Å²) < 4.78 is 12.4. The van der Waals surface area contributed by atoms with Gasteiger partial charge >= 0.3 is 0 Å². The molecule has 136 valence electrons. The first-order chi connectivity index (χ1) is 12.2. The summed E-state index contributed by atoms with van der Waals surface area (Å²) in [5.41, 5.74) is 1.97. The summed E-state index contributed by atoms with van der Waals surface area (Å²) in [7, 11) is 0. The van der Waals surface area contributed by atoms with Gasteiger partial charge in [0, 0.05) is 17.6 Å². The zero-order valence-electron chi connectivity index (χ0n) is 14.8. The molecule has 0 radical (unpaired) electrons. The molecule has 2 rings (SSSR count). The number of hydrogen-bond acceptors (Lipinski definition) is 4. The normalized spacial score (nSPS) is 12.0. The van der Waals surface area contributed by atoms with Crippen molar-refractivity contribution in [2.24, 2.45) is 0 Å². The molecule has 0 aliphatic carbocycles. The van der Waals surface area contributed by atoms with E-state index < -0.39 is 6.10 Å². The van der Waals surface area contributed by atoms with Gasteiger partial charge in [-0.15, -0.1) is 0 Å². The fourth-order valence-electron chi connectivity index (χ4n) is 2.44. The predicted molar refractivity (Wildman–Crippen MR) is 104 cm³/mol. The lowest BCUT2D eigenvalue weighted by Crippen LogP contribution is -2.21. The van der Waals surface area contributed by atoms with E-state index in [9.17, 15) is 5.11 Å². The minimum absolute atomic E-state index is 0.481. The fourth-order valence-corrected chi connectivity index (χ4v) is 2.90. The number of hydrogen-bond donors (Lipinski definition) is 2. The van der Waals surface area contributed by atoms with Gasteiger partial charge < -0.3 is 19.9 Å². The van der Waals surface area contributed by atoms with E-state index in [-0.39, 0.29) is 0 Å². The molecule has 0 aromatic heterocycles. The molecule has 4 nitrogen and oxygen atoms in total. The lowest BCUT2D eigenvalue weighted by Gasteiger charge is -2.16. The van der Waals surface area contributed by atoms with E-state index in [1.54, 1.807) is 0 Å². The maximum atomic E-state index is 10.2. The van der Waals surface area contributed by atoms with E-state index in [1.165, 1.54) is 0 Å². The summed E-state index contributed by atoms with van der Waals surface area (Å²) in [6.07, 6.45) is 0.419. The maximum absolute atomic E-state index is 10.2. The first-order valence-electron chi connectivity index (χ1n) is 8.67. The highest BCUT2D eigenvalue weighted by atomic mass is 79.9. The molecule has 0 aliphatic rings. The van der Waals surface area contributed by atoms with Crippen LogP contribution >= 0.6 is 15.9 Å². The smallest absolute Gasteiger partial charge is 0.162 e. The number of aliphatic hydroxyl groups excluding tert-OH is 1. The van der Waals surface area contributed by atoms with Gasteiger partial charge in [0.15, 0.2) is 11.5 Å². The standard InChI is InChI=1S/C20H26BrNO3/c1-3-10-25-20-12-17(21)16(11-19(20)24-4-2)13-22-14-18(23)15-8-6-5-7-9-15/h5-9,11-12,18,22-23H,3-4,10,13-14H2,1-2H3. The zero-order valence-corrected chi connectivity index (χ0v) is 16.4. The first-order valence-corrected chi connectivity index (χ1v) is 9.46. The molecule has 0 aliphatic heterocycles. The van der Waals surface area contributed by atoms with Gasteiger partial charge in [0.25, 0.3) is 0 Å². The molecule has 2 N–H and O–H groups in total. The van der Waals surface area contributed by atoms with Crippen LogP contribution in [0.2, 0.25) is 0 Å². The SMILES string of the molecule is CCCOc1cc(Br)c(CNCC(O)c2ccccc2)cc1OCC. The van der Waals surface area contributed by atoms with Crippen LogP contribution in [0.25, 0.3) is 0 Å². The summed E-state index contributed by atoms with van der Waals surface area (Å²) >= 11 is 3.60. The van der Waals surface area contributed by atoms with Crippen LogP contribution in [0.3, 0.4) is 0 Å².